The van der Waals surface area contributed by atoms with Crippen molar-refractivity contribution in [1.82, 2.24) is 10.2 Å². The van der Waals surface area contributed by atoms with E-state index in [0.29, 0.717) is 43.9 Å². The molecule has 1 N–H and O–H groups in total. The number of nitrogens with one attached hydrogen (secondary N) is 1. The quantitative estimate of drug-likeness (QED) is 0.233. The van der Waals surface area contributed by atoms with Crippen molar-refractivity contribution < 1.29 is 19.0 Å². The summed E-state index contributed by atoms with van der Waals surface area (Å²) >= 11 is 19.9. The van der Waals surface area contributed by atoms with Crippen molar-refractivity contribution in [2.24, 2.45) is 4.99 Å². The second-order valence-electron chi connectivity index (χ2n) is 9.12. The fourth-order valence-corrected chi connectivity index (χ4v) is 5.27. The van der Waals surface area contributed by atoms with E-state index in [1.165, 1.54) is 31.0 Å². The lowest BCUT2D eigenvalue weighted by Crippen LogP contribution is -2.35. The first-order chi connectivity index (χ1) is 18.9. The maximum Gasteiger partial charge on any atom is 0.338 e. The number of likely N-dealkylation sites (tertiary alicyclic amines) is 1. The Kier molecular flexibility index (Phi) is 11.7. The van der Waals surface area contributed by atoms with Gasteiger partial charge in [0.05, 0.1) is 34.5 Å². The largest absolute Gasteiger partial charge is 0.490 e. The zero-order valence-corrected chi connectivity index (χ0v) is 24.8. The summed E-state index contributed by atoms with van der Waals surface area (Å²) in [6.07, 6.45) is 5.66. The highest BCUT2D eigenvalue weighted by molar-refractivity contribution is 8.13. The van der Waals surface area contributed by atoms with Crippen molar-refractivity contribution in [3.05, 3.63) is 74.4 Å². The fourth-order valence-electron chi connectivity index (χ4n) is 4.40. The number of rotatable bonds is 11. The van der Waals surface area contributed by atoms with Gasteiger partial charge in [-0.05, 0) is 74.1 Å². The predicted octanol–water partition coefficient (Wildman–Crippen LogP) is 6.39. The van der Waals surface area contributed by atoms with Gasteiger partial charge in [-0.25, -0.2) is 9.79 Å². The van der Waals surface area contributed by atoms with Gasteiger partial charge < -0.3 is 24.4 Å². The highest BCUT2D eigenvalue weighted by Crippen LogP contribution is 2.35. The fraction of sp³-hybridized carbons (Fsp3) is 0.429. The molecule has 2 aliphatic heterocycles. The van der Waals surface area contributed by atoms with Crippen LogP contribution in [0.3, 0.4) is 0 Å². The Hall–Kier alpha value is -1.94. The summed E-state index contributed by atoms with van der Waals surface area (Å²) in [4.78, 5) is 20.7. The van der Waals surface area contributed by atoms with Gasteiger partial charge in [0.15, 0.2) is 5.17 Å². The van der Waals surface area contributed by atoms with E-state index >= 15 is 0 Å². The number of nitrogens with zero attached hydrogens (tertiary/aromatic N) is 2. The lowest BCUT2D eigenvalue weighted by Gasteiger charge is -2.28. The Morgan fingerprint density at radius 1 is 1.03 bits per heavy atom. The summed E-state index contributed by atoms with van der Waals surface area (Å²) in [5.74, 6) is 0.136. The van der Waals surface area contributed by atoms with Crippen molar-refractivity contribution in [1.29, 1.82) is 0 Å². The number of carbonyl (C=O) groups is 1. The SMILES string of the molecule is CSC1=NC(c2ccc(Cl)c(Cl)c2)C(C(=O)OCCOc2ccc(Cl)cc2)=C(COCCN2CCCCC2)N1. The van der Waals surface area contributed by atoms with Gasteiger partial charge in [-0.15, -0.1) is 0 Å². The average Bonchev–Trinajstić information content (AvgIpc) is 2.95. The number of ether oxygens (including phenoxy) is 3. The summed E-state index contributed by atoms with van der Waals surface area (Å²) in [6, 6.07) is 11.6. The van der Waals surface area contributed by atoms with Gasteiger partial charge in [0.1, 0.15) is 25.0 Å². The zero-order valence-electron chi connectivity index (χ0n) is 21.8. The molecule has 1 unspecified atom stereocenters. The van der Waals surface area contributed by atoms with Gasteiger partial charge in [0.2, 0.25) is 0 Å². The first kappa shape index (κ1) is 30.0. The first-order valence-electron chi connectivity index (χ1n) is 12.9. The van der Waals surface area contributed by atoms with Crippen molar-refractivity contribution in [2.45, 2.75) is 25.3 Å². The van der Waals surface area contributed by atoms with Crippen LogP contribution in [0.4, 0.5) is 0 Å². The lowest BCUT2D eigenvalue weighted by molar-refractivity contribution is -0.140. The van der Waals surface area contributed by atoms with Gasteiger partial charge >= 0.3 is 5.97 Å². The standard InChI is InChI=1S/C28H32Cl3N3O4S/c1-39-28-32-24(18-36-14-13-34-11-3-2-4-12-34)25(26(33-28)19-5-10-22(30)23(31)17-19)27(35)38-16-15-37-21-8-6-20(29)7-9-21/h5-10,17,26H,2-4,11-16,18H2,1H3,(H,32,33). The molecule has 0 aromatic heterocycles. The van der Waals surface area contributed by atoms with Crippen LogP contribution in [0.15, 0.2) is 58.7 Å². The maximum absolute atomic E-state index is 13.5. The van der Waals surface area contributed by atoms with E-state index in [0.717, 1.165) is 25.2 Å². The molecule has 1 atom stereocenters. The summed E-state index contributed by atoms with van der Waals surface area (Å²) in [5.41, 5.74) is 1.72. The third-order valence-electron chi connectivity index (χ3n) is 6.42. The van der Waals surface area contributed by atoms with Gasteiger partial charge in [0.25, 0.3) is 0 Å². The average molecular weight is 613 g/mol. The molecule has 0 spiro atoms. The minimum atomic E-state index is -0.631. The van der Waals surface area contributed by atoms with E-state index < -0.39 is 12.0 Å². The molecule has 0 aliphatic carbocycles. The molecular formula is C28H32Cl3N3O4S. The molecule has 2 aromatic rings. The van der Waals surface area contributed by atoms with Crippen LogP contribution in [0.1, 0.15) is 30.9 Å². The Morgan fingerprint density at radius 3 is 2.51 bits per heavy atom. The monoisotopic (exact) mass is 611 g/mol. The Balaban J connectivity index is 1.48. The lowest BCUT2D eigenvalue weighted by atomic mass is 9.96. The number of thioether (sulfide) groups is 1. The van der Waals surface area contributed by atoms with E-state index in [9.17, 15) is 4.79 Å². The number of benzene rings is 2. The molecule has 11 heteroatoms. The number of hydrogen-bond donors (Lipinski definition) is 1. The molecule has 4 rings (SSSR count). The van der Waals surface area contributed by atoms with Crippen molar-refractivity contribution >= 4 is 57.7 Å². The molecule has 0 radical (unpaired) electrons. The smallest absolute Gasteiger partial charge is 0.338 e. The number of aliphatic imine (C=N–C) groups is 1. The van der Waals surface area contributed by atoms with Crippen LogP contribution in [0.25, 0.3) is 0 Å². The number of amidine groups is 1. The summed E-state index contributed by atoms with van der Waals surface area (Å²) < 4.78 is 17.4. The first-order valence-corrected chi connectivity index (χ1v) is 15.2. The molecule has 39 heavy (non-hydrogen) atoms. The minimum absolute atomic E-state index is 0.0568. The molecule has 0 bridgehead atoms. The van der Waals surface area contributed by atoms with Crippen LogP contribution in [0.2, 0.25) is 15.1 Å². The number of halogens is 3. The Morgan fingerprint density at radius 2 is 1.79 bits per heavy atom. The molecule has 0 saturated carbocycles. The normalized spacial score (nSPS) is 17.9. The molecule has 0 amide bonds. The van der Waals surface area contributed by atoms with E-state index in [4.69, 9.17) is 54.0 Å². The van der Waals surface area contributed by atoms with Gasteiger partial charge in [-0.2, -0.15) is 0 Å². The van der Waals surface area contributed by atoms with Gasteiger partial charge in [-0.1, -0.05) is 59.1 Å². The maximum atomic E-state index is 13.5. The summed E-state index contributed by atoms with van der Waals surface area (Å²) in [5, 5.41) is 5.37. The third-order valence-corrected chi connectivity index (χ3v) is 8.01. The Bertz CT molecular complexity index is 1190. The Labute approximate surface area is 248 Å². The predicted molar refractivity (Wildman–Crippen MR) is 159 cm³/mol. The minimum Gasteiger partial charge on any atom is -0.490 e. The van der Waals surface area contributed by atoms with Crippen LogP contribution < -0.4 is 10.1 Å². The van der Waals surface area contributed by atoms with Crippen molar-refractivity contribution in [3.63, 3.8) is 0 Å². The van der Waals surface area contributed by atoms with Crippen LogP contribution in [0.5, 0.6) is 5.75 Å². The number of hydrogen-bond acceptors (Lipinski definition) is 8. The molecule has 210 valence electrons. The van der Waals surface area contributed by atoms with E-state index in [1.807, 2.05) is 12.3 Å². The van der Waals surface area contributed by atoms with E-state index in [1.54, 1.807) is 36.4 Å². The third kappa shape index (κ3) is 8.77. The summed E-state index contributed by atoms with van der Waals surface area (Å²) in [6.45, 7) is 4.08. The molecule has 1 fully saturated rings. The zero-order chi connectivity index (χ0) is 27.6. The molecule has 2 heterocycles. The van der Waals surface area contributed by atoms with E-state index in [-0.39, 0.29) is 19.8 Å². The van der Waals surface area contributed by atoms with Crippen LogP contribution in [0, 0.1) is 0 Å². The van der Waals surface area contributed by atoms with Crippen molar-refractivity contribution in [2.75, 3.05) is 52.3 Å². The molecule has 2 aliphatic rings. The highest BCUT2D eigenvalue weighted by atomic mass is 35.5. The van der Waals surface area contributed by atoms with Crippen molar-refractivity contribution in [3.8, 4) is 5.75 Å². The second-order valence-corrected chi connectivity index (χ2v) is 11.2. The molecule has 1 saturated heterocycles. The topological polar surface area (TPSA) is 72.4 Å². The van der Waals surface area contributed by atoms with Crippen LogP contribution >= 0.6 is 46.6 Å². The van der Waals surface area contributed by atoms with Crippen LogP contribution in [-0.4, -0.2) is 68.4 Å². The number of carbonyl (C=O) groups excluding carboxylic acids is 1. The molecule has 2 aromatic carbocycles. The highest BCUT2D eigenvalue weighted by Gasteiger charge is 2.32. The van der Waals surface area contributed by atoms with E-state index in [2.05, 4.69) is 10.2 Å². The number of esters is 1. The summed E-state index contributed by atoms with van der Waals surface area (Å²) in [7, 11) is 0. The number of piperidine rings is 1. The van der Waals surface area contributed by atoms with Gasteiger partial charge in [-0.3, -0.25) is 0 Å². The molecular weight excluding hydrogens is 581 g/mol. The molecule has 7 nitrogen and oxygen atoms in total. The van der Waals surface area contributed by atoms with Gasteiger partial charge in [0, 0.05) is 11.6 Å². The van der Waals surface area contributed by atoms with Crippen LogP contribution in [-0.2, 0) is 14.3 Å². The second kappa shape index (κ2) is 15.2.